The van der Waals surface area contributed by atoms with Gasteiger partial charge in [0.1, 0.15) is 5.82 Å². The molecule has 1 fully saturated rings. The molecule has 2 rings (SSSR count). The highest BCUT2D eigenvalue weighted by atomic mass is 16.1. The number of piperidine rings is 1. The Morgan fingerprint density at radius 3 is 3.11 bits per heavy atom. The molecule has 1 aliphatic rings. The molecule has 1 aliphatic heterocycles. The van der Waals surface area contributed by atoms with E-state index < -0.39 is 0 Å². The highest BCUT2D eigenvalue weighted by molar-refractivity contribution is 5.90. The van der Waals surface area contributed by atoms with Crippen LogP contribution in [0, 0.1) is 11.8 Å². The summed E-state index contributed by atoms with van der Waals surface area (Å²) in [6, 6.07) is 3.46. The fourth-order valence-electron chi connectivity index (χ4n) is 2.51. The van der Waals surface area contributed by atoms with Crippen molar-refractivity contribution < 1.29 is 4.79 Å². The number of anilines is 2. The number of carbonyl (C=O) groups is 1. The maximum absolute atomic E-state index is 12.0. The predicted molar refractivity (Wildman–Crippen MR) is 76.7 cm³/mol. The molecule has 19 heavy (non-hydrogen) atoms. The van der Waals surface area contributed by atoms with E-state index in [1.165, 1.54) is 12.8 Å². The molecule has 104 valence electrons. The Bertz CT molecular complexity index is 412. The van der Waals surface area contributed by atoms with E-state index in [4.69, 9.17) is 5.73 Å². The summed E-state index contributed by atoms with van der Waals surface area (Å²) in [5, 5.41) is 6.25. The second-order valence-corrected chi connectivity index (χ2v) is 5.31. The Balaban J connectivity index is 1.81. The number of nitrogen functional groups attached to an aromatic ring is 1. The van der Waals surface area contributed by atoms with Crippen LogP contribution in [-0.4, -0.2) is 24.0 Å². The third-order valence-corrected chi connectivity index (χ3v) is 3.72. The van der Waals surface area contributed by atoms with Gasteiger partial charge in [0.25, 0.3) is 0 Å². The van der Waals surface area contributed by atoms with Crippen molar-refractivity contribution in [3.63, 3.8) is 0 Å². The van der Waals surface area contributed by atoms with Gasteiger partial charge in [0.2, 0.25) is 5.91 Å². The van der Waals surface area contributed by atoms with Crippen molar-refractivity contribution in [1.29, 1.82) is 0 Å². The maximum Gasteiger partial charge on any atom is 0.224 e. The van der Waals surface area contributed by atoms with Gasteiger partial charge >= 0.3 is 0 Å². The minimum atomic E-state index is 0.0460. The largest absolute Gasteiger partial charge is 0.384 e. The molecular formula is C14H22N4O. The summed E-state index contributed by atoms with van der Waals surface area (Å²) in [4.78, 5) is 15.9. The smallest absolute Gasteiger partial charge is 0.224 e. The van der Waals surface area contributed by atoms with Gasteiger partial charge in [-0.15, -0.1) is 0 Å². The normalized spacial score (nSPS) is 20.8. The molecule has 5 heteroatoms. The van der Waals surface area contributed by atoms with E-state index in [0.717, 1.165) is 13.1 Å². The second kappa shape index (κ2) is 6.52. The van der Waals surface area contributed by atoms with Gasteiger partial charge in [-0.05, 0) is 49.9 Å². The monoisotopic (exact) mass is 262 g/mol. The van der Waals surface area contributed by atoms with E-state index in [9.17, 15) is 4.79 Å². The molecule has 0 radical (unpaired) electrons. The van der Waals surface area contributed by atoms with E-state index in [-0.39, 0.29) is 5.91 Å². The lowest BCUT2D eigenvalue weighted by Crippen LogP contribution is -2.34. The van der Waals surface area contributed by atoms with Crippen LogP contribution < -0.4 is 16.4 Å². The van der Waals surface area contributed by atoms with Crippen LogP contribution in [0.25, 0.3) is 0 Å². The number of nitrogens with two attached hydrogens (primary N) is 1. The van der Waals surface area contributed by atoms with Crippen LogP contribution in [0.2, 0.25) is 0 Å². The fourth-order valence-corrected chi connectivity index (χ4v) is 2.51. The predicted octanol–water partition coefficient (Wildman–Crippen LogP) is 1.63. The van der Waals surface area contributed by atoms with E-state index in [0.29, 0.717) is 29.8 Å². The Kier molecular flexibility index (Phi) is 4.74. The van der Waals surface area contributed by atoms with Crippen LogP contribution in [0.5, 0.6) is 0 Å². The highest BCUT2D eigenvalue weighted by Crippen LogP contribution is 2.23. The number of hydrogen-bond donors (Lipinski definition) is 3. The second-order valence-electron chi connectivity index (χ2n) is 5.31. The van der Waals surface area contributed by atoms with Crippen molar-refractivity contribution in [2.75, 3.05) is 24.1 Å². The van der Waals surface area contributed by atoms with E-state index in [1.54, 1.807) is 18.3 Å². The summed E-state index contributed by atoms with van der Waals surface area (Å²) >= 11 is 0. The Hall–Kier alpha value is -1.62. The third-order valence-electron chi connectivity index (χ3n) is 3.72. The summed E-state index contributed by atoms with van der Waals surface area (Å²) in [7, 11) is 0. The summed E-state index contributed by atoms with van der Waals surface area (Å²) in [6.07, 6.45) is 4.56. The zero-order valence-electron chi connectivity index (χ0n) is 11.4. The van der Waals surface area contributed by atoms with Gasteiger partial charge in [0.15, 0.2) is 0 Å². The summed E-state index contributed by atoms with van der Waals surface area (Å²) in [5.74, 6) is 1.50. The van der Waals surface area contributed by atoms with Gasteiger partial charge in [0.05, 0.1) is 11.9 Å². The summed E-state index contributed by atoms with van der Waals surface area (Å²) in [6.45, 7) is 4.28. The number of amides is 1. The standard InChI is InChI=1S/C14H22N4O/c1-10(11-3-2-6-16-8-11)7-14(19)18-12-4-5-13(15)17-9-12/h4-5,9-11,16H,2-3,6-8H2,1H3,(H2,15,17)(H,18,19). The zero-order valence-corrected chi connectivity index (χ0v) is 11.4. The number of rotatable bonds is 4. The van der Waals surface area contributed by atoms with Crippen molar-refractivity contribution in [3.8, 4) is 0 Å². The van der Waals surface area contributed by atoms with Gasteiger partial charge < -0.3 is 16.4 Å². The maximum atomic E-state index is 12.0. The van der Waals surface area contributed by atoms with Crippen molar-refractivity contribution in [2.45, 2.75) is 26.2 Å². The first-order chi connectivity index (χ1) is 9.15. The number of nitrogens with zero attached hydrogens (tertiary/aromatic N) is 1. The number of aromatic nitrogens is 1. The Morgan fingerprint density at radius 1 is 1.63 bits per heavy atom. The first-order valence-corrected chi connectivity index (χ1v) is 6.87. The third kappa shape index (κ3) is 4.21. The molecule has 1 aromatic rings. The first kappa shape index (κ1) is 13.8. The summed E-state index contributed by atoms with van der Waals surface area (Å²) < 4.78 is 0. The minimum Gasteiger partial charge on any atom is -0.384 e. The van der Waals surface area contributed by atoms with E-state index in [1.807, 2.05) is 0 Å². The van der Waals surface area contributed by atoms with Crippen LogP contribution in [0.1, 0.15) is 26.2 Å². The molecule has 0 spiro atoms. The average Bonchev–Trinajstić information content (AvgIpc) is 2.42. The lowest BCUT2D eigenvalue weighted by atomic mass is 9.85. The van der Waals surface area contributed by atoms with Crippen molar-refractivity contribution in [1.82, 2.24) is 10.3 Å². The van der Waals surface area contributed by atoms with Crippen LogP contribution >= 0.6 is 0 Å². The molecule has 0 saturated carbocycles. The molecule has 2 heterocycles. The highest BCUT2D eigenvalue weighted by Gasteiger charge is 2.21. The van der Waals surface area contributed by atoms with Gasteiger partial charge in [-0.1, -0.05) is 6.92 Å². The summed E-state index contributed by atoms with van der Waals surface area (Å²) in [5.41, 5.74) is 6.21. The molecule has 2 atom stereocenters. The molecule has 1 amide bonds. The number of pyridine rings is 1. The van der Waals surface area contributed by atoms with E-state index in [2.05, 4.69) is 22.5 Å². The molecule has 0 aliphatic carbocycles. The van der Waals surface area contributed by atoms with Crippen LogP contribution in [0.15, 0.2) is 18.3 Å². The van der Waals surface area contributed by atoms with E-state index >= 15 is 0 Å². The molecule has 4 N–H and O–H groups in total. The Morgan fingerprint density at radius 2 is 2.47 bits per heavy atom. The van der Waals surface area contributed by atoms with Gasteiger partial charge in [-0.25, -0.2) is 4.98 Å². The molecule has 1 saturated heterocycles. The van der Waals surface area contributed by atoms with Crippen molar-refractivity contribution >= 4 is 17.4 Å². The molecule has 2 unspecified atom stereocenters. The SMILES string of the molecule is CC(CC(=O)Nc1ccc(N)nc1)C1CCCNC1. The first-order valence-electron chi connectivity index (χ1n) is 6.87. The number of hydrogen-bond acceptors (Lipinski definition) is 4. The molecule has 0 aromatic carbocycles. The Labute approximate surface area is 114 Å². The fraction of sp³-hybridized carbons (Fsp3) is 0.571. The molecule has 5 nitrogen and oxygen atoms in total. The molecule has 1 aromatic heterocycles. The number of carbonyl (C=O) groups excluding carboxylic acids is 1. The minimum absolute atomic E-state index is 0.0460. The van der Waals surface area contributed by atoms with Crippen molar-refractivity contribution in [2.24, 2.45) is 11.8 Å². The average molecular weight is 262 g/mol. The number of nitrogens with one attached hydrogen (secondary N) is 2. The van der Waals surface area contributed by atoms with Gasteiger partial charge in [0, 0.05) is 6.42 Å². The van der Waals surface area contributed by atoms with Crippen molar-refractivity contribution in [3.05, 3.63) is 18.3 Å². The quantitative estimate of drug-likeness (QED) is 0.770. The van der Waals surface area contributed by atoms with Crippen LogP contribution in [0.4, 0.5) is 11.5 Å². The zero-order chi connectivity index (χ0) is 13.7. The van der Waals surface area contributed by atoms with Gasteiger partial charge in [-0.3, -0.25) is 4.79 Å². The lowest BCUT2D eigenvalue weighted by Gasteiger charge is -2.28. The van der Waals surface area contributed by atoms with Crippen LogP contribution in [-0.2, 0) is 4.79 Å². The van der Waals surface area contributed by atoms with Gasteiger partial charge in [-0.2, -0.15) is 0 Å². The van der Waals surface area contributed by atoms with Crippen LogP contribution in [0.3, 0.4) is 0 Å². The lowest BCUT2D eigenvalue weighted by molar-refractivity contribution is -0.117. The molecular weight excluding hydrogens is 240 g/mol. The molecule has 0 bridgehead atoms. The topological polar surface area (TPSA) is 80.0 Å².